The van der Waals surface area contributed by atoms with Crippen molar-refractivity contribution in [3.63, 3.8) is 0 Å². The first kappa shape index (κ1) is 21.8. The lowest BCUT2D eigenvalue weighted by Crippen LogP contribution is -2.39. The molecule has 0 heterocycles. The molecule has 2 aromatic rings. The van der Waals surface area contributed by atoms with Crippen LogP contribution in [0, 0.1) is 0 Å². The largest absolute Gasteiger partial charge is 0.508 e. The Hall–Kier alpha value is -2.86. The van der Waals surface area contributed by atoms with Crippen LogP contribution in [0.25, 0.3) is 0 Å². The Kier molecular flexibility index (Phi) is 7.46. The van der Waals surface area contributed by atoms with Crippen molar-refractivity contribution in [1.29, 1.82) is 0 Å². The van der Waals surface area contributed by atoms with Crippen LogP contribution < -0.4 is 0 Å². The number of carboxylic acids is 1. The number of rotatable bonds is 9. The molecule has 1 unspecified atom stereocenters. The van der Waals surface area contributed by atoms with E-state index < -0.39 is 5.97 Å². The van der Waals surface area contributed by atoms with E-state index in [1.54, 1.807) is 18.2 Å². The van der Waals surface area contributed by atoms with E-state index in [4.69, 9.17) is 9.84 Å². The maximum absolute atomic E-state index is 11.4. The van der Waals surface area contributed by atoms with Crippen molar-refractivity contribution in [3.8, 4) is 5.75 Å². The molecule has 2 aromatic carbocycles. The summed E-state index contributed by atoms with van der Waals surface area (Å²) in [4.78, 5) is 24.9. The van der Waals surface area contributed by atoms with Crippen molar-refractivity contribution in [2.75, 3.05) is 13.7 Å². The lowest BCUT2D eigenvalue weighted by Gasteiger charge is -2.35. The predicted molar refractivity (Wildman–Crippen MR) is 114 cm³/mol. The number of unbranched alkanes of at least 4 members (excludes halogenated alkanes) is 1. The Morgan fingerprint density at radius 1 is 1.13 bits per heavy atom. The molecule has 160 valence electrons. The molecule has 2 N–H and O–H groups in total. The predicted octanol–water partition coefficient (Wildman–Crippen LogP) is 3.79. The van der Waals surface area contributed by atoms with Gasteiger partial charge in [-0.15, -0.1) is 0 Å². The van der Waals surface area contributed by atoms with Gasteiger partial charge in [0.2, 0.25) is 0 Å². The van der Waals surface area contributed by atoms with Gasteiger partial charge in [-0.25, -0.2) is 4.79 Å². The molecule has 1 aliphatic rings. The van der Waals surface area contributed by atoms with Gasteiger partial charge < -0.3 is 14.9 Å². The number of hydrogen-bond donors (Lipinski definition) is 2. The molecule has 6 heteroatoms. The summed E-state index contributed by atoms with van der Waals surface area (Å²) in [6, 6.07) is 13.0. The molecular weight excluding hydrogens is 382 g/mol. The van der Waals surface area contributed by atoms with Crippen LogP contribution in [0.3, 0.4) is 0 Å². The Bertz CT molecular complexity index is 878. The number of esters is 1. The number of fused-ring (bicyclic) bond motifs is 1. The first-order chi connectivity index (χ1) is 14.5. The number of aryl methyl sites for hydroxylation is 1. The van der Waals surface area contributed by atoms with E-state index in [1.165, 1.54) is 12.7 Å². The Morgan fingerprint density at radius 3 is 2.60 bits per heavy atom. The van der Waals surface area contributed by atoms with E-state index in [0.29, 0.717) is 18.7 Å². The Balaban J connectivity index is 1.71. The summed E-state index contributed by atoms with van der Waals surface area (Å²) in [6.07, 6.45) is 4.74. The summed E-state index contributed by atoms with van der Waals surface area (Å²) in [5.74, 6) is -0.767. The maximum Gasteiger partial charge on any atom is 0.335 e. The highest BCUT2D eigenvalue weighted by molar-refractivity contribution is 5.87. The van der Waals surface area contributed by atoms with Gasteiger partial charge in [-0.05, 0) is 73.5 Å². The fraction of sp³-hybridized carbons (Fsp3) is 0.417. The van der Waals surface area contributed by atoms with Crippen molar-refractivity contribution < 1.29 is 24.5 Å². The lowest BCUT2D eigenvalue weighted by atomic mass is 9.86. The SMILES string of the molecule is COC(=O)CCCCN(Cc1ccc(C(=O)O)cc1)C1CCc2cccc(O)c2C1. The van der Waals surface area contributed by atoms with Gasteiger partial charge in [0.15, 0.2) is 0 Å². The number of hydrogen-bond acceptors (Lipinski definition) is 5. The quantitative estimate of drug-likeness (QED) is 0.482. The Morgan fingerprint density at radius 2 is 1.90 bits per heavy atom. The van der Waals surface area contributed by atoms with Crippen molar-refractivity contribution in [2.45, 2.75) is 51.1 Å². The second-order valence-corrected chi connectivity index (χ2v) is 7.82. The average molecular weight is 411 g/mol. The second-order valence-electron chi connectivity index (χ2n) is 7.82. The van der Waals surface area contributed by atoms with Crippen LogP contribution in [0.4, 0.5) is 0 Å². The minimum Gasteiger partial charge on any atom is -0.508 e. The zero-order chi connectivity index (χ0) is 21.5. The van der Waals surface area contributed by atoms with E-state index in [-0.39, 0.29) is 17.6 Å². The molecule has 6 nitrogen and oxygen atoms in total. The van der Waals surface area contributed by atoms with E-state index in [0.717, 1.165) is 49.8 Å². The molecule has 0 aromatic heterocycles. The number of nitrogens with zero attached hydrogens (tertiary/aromatic N) is 1. The number of aromatic carboxylic acids is 1. The van der Waals surface area contributed by atoms with Crippen LogP contribution >= 0.6 is 0 Å². The van der Waals surface area contributed by atoms with Gasteiger partial charge in [0.05, 0.1) is 12.7 Å². The van der Waals surface area contributed by atoms with Gasteiger partial charge >= 0.3 is 11.9 Å². The van der Waals surface area contributed by atoms with Crippen LogP contribution in [0.1, 0.15) is 52.7 Å². The van der Waals surface area contributed by atoms with Gasteiger partial charge in [-0.2, -0.15) is 0 Å². The molecule has 0 fully saturated rings. The van der Waals surface area contributed by atoms with Gasteiger partial charge in [-0.1, -0.05) is 24.3 Å². The average Bonchev–Trinajstić information content (AvgIpc) is 2.76. The molecule has 1 aliphatic carbocycles. The van der Waals surface area contributed by atoms with Crippen LogP contribution in [0.5, 0.6) is 5.75 Å². The van der Waals surface area contributed by atoms with E-state index in [9.17, 15) is 14.7 Å². The number of aromatic hydroxyl groups is 1. The van der Waals surface area contributed by atoms with E-state index >= 15 is 0 Å². The fourth-order valence-corrected chi connectivity index (χ4v) is 4.13. The standard InChI is InChI=1S/C24H29NO5/c1-30-23(27)7-2-3-14-25(16-17-8-10-19(11-9-17)24(28)29)20-13-12-18-5-4-6-22(26)21(18)15-20/h4-6,8-11,20,26H,2-3,7,12-16H2,1H3,(H,28,29). The second kappa shape index (κ2) is 10.3. The number of carbonyl (C=O) groups excluding carboxylic acids is 1. The van der Waals surface area contributed by atoms with Crippen LogP contribution in [-0.2, 0) is 28.9 Å². The summed E-state index contributed by atoms with van der Waals surface area (Å²) in [7, 11) is 1.40. The molecule has 0 spiro atoms. The zero-order valence-corrected chi connectivity index (χ0v) is 17.3. The molecule has 0 saturated carbocycles. The molecule has 0 amide bonds. The number of phenolic OH excluding ortho intramolecular Hbond substituents is 1. The first-order valence-electron chi connectivity index (χ1n) is 10.4. The van der Waals surface area contributed by atoms with Crippen LogP contribution in [0.2, 0.25) is 0 Å². The van der Waals surface area contributed by atoms with Crippen LogP contribution in [0.15, 0.2) is 42.5 Å². The topological polar surface area (TPSA) is 87.1 Å². The summed E-state index contributed by atoms with van der Waals surface area (Å²) in [5.41, 5.74) is 3.56. The van der Waals surface area contributed by atoms with Gasteiger partial charge in [-0.3, -0.25) is 9.69 Å². The molecule has 0 aliphatic heterocycles. The molecule has 0 saturated heterocycles. The molecule has 0 radical (unpaired) electrons. The summed E-state index contributed by atoms with van der Waals surface area (Å²) in [5, 5.41) is 19.4. The normalized spacial score (nSPS) is 15.6. The number of benzene rings is 2. The third-order valence-corrected chi connectivity index (χ3v) is 5.84. The zero-order valence-electron chi connectivity index (χ0n) is 17.3. The third kappa shape index (κ3) is 5.60. The van der Waals surface area contributed by atoms with Gasteiger partial charge in [0.1, 0.15) is 5.75 Å². The van der Waals surface area contributed by atoms with Gasteiger partial charge in [0, 0.05) is 19.0 Å². The smallest absolute Gasteiger partial charge is 0.335 e. The number of methoxy groups -OCH3 is 1. The van der Waals surface area contributed by atoms with Crippen molar-refractivity contribution in [2.24, 2.45) is 0 Å². The molecule has 1 atom stereocenters. The highest BCUT2D eigenvalue weighted by atomic mass is 16.5. The Labute approximate surface area is 177 Å². The molecule has 3 rings (SSSR count). The number of carbonyl (C=O) groups is 2. The van der Waals surface area contributed by atoms with Crippen LogP contribution in [-0.4, -0.2) is 46.7 Å². The third-order valence-electron chi connectivity index (χ3n) is 5.84. The monoisotopic (exact) mass is 411 g/mol. The van der Waals surface area contributed by atoms with E-state index in [1.807, 2.05) is 18.2 Å². The summed E-state index contributed by atoms with van der Waals surface area (Å²) in [6.45, 7) is 1.52. The highest BCUT2D eigenvalue weighted by Gasteiger charge is 2.26. The summed E-state index contributed by atoms with van der Waals surface area (Å²) < 4.78 is 4.72. The number of phenols is 1. The van der Waals surface area contributed by atoms with Crippen molar-refractivity contribution in [3.05, 3.63) is 64.7 Å². The molecule has 0 bridgehead atoms. The number of ether oxygens (including phenoxy) is 1. The minimum atomic E-state index is -0.930. The molecular formula is C24H29NO5. The minimum absolute atomic E-state index is 0.192. The van der Waals surface area contributed by atoms with Crippen molar-refractivity contribution >= 4 is 11.9 Å². The summed E-state index contributed by atoms with van der Waals surface area (Å²) >= 11 is 0. The lowest BCUT2D eigenvalue weighted by molar-refractivity contribution is -0.140. The first-order valence-corrected chi connectivity index (χ1v) is 10.4. The fourth-order valence-electron chi connectivity index (χ4n) is 4.13. The van der Waals surface area contributed by atoms with Gasteiger partial charge in [0.25, 0.3) is 0 Å². The van der Waals surface area contributed by atoms with Crippen molar-refractivity contribution in [1.82, 2.24) is 4.90 Å². The number of carboxylic acid groups (broad SMARTS) is 1. The van der Waals surface area contributed by atoms with E-state index in [2.05, 4.69) is 11.0 Å². The molecule has 30 heavy (non-hydrogen) atoms. The maximum atomic E-state index is 11.4. The highest BCUT2D eigenvalue weighted by Crippen LogP contribution is 2.31.